The third-order valence-electron chi connectivity index (χ3n) is 5.91. The van der Waals surface area contributed by atoms with Crippen molar-refractivity contribution in [3.8, 4) is 0 Å². The van der Waals surface area contributed by atoms with Crippen LogP contribution in [0.4, 0.5) is 5.69 Å². The van der Waals surface area contributed by atoms with E-state index in [2.05, 4.69) is 15.3 Å². The summed E-state index contributed by atoms with van der Waals surface area (Å²) in [5.74, 6) is -0.499. The van der Waals surface area contributed by atoms with Crippen molar-refractivity contribution < 1.29 is 9.59 Å². The first-order valence-electron chi connectivity index (χ1n) is 10.9. The molecule has 1 saturated heterocycles. The summed E-state index contributed by atoms with van der Waals surface area (Å²) in [7, 11) is 0. The van der Waals surface area contributed by atoms with E-state index in [1.54, 1.807) is 10.7 Å². The summed E-state index contributed by atoms with van der Waals surface area (Å²) in [5, 5.41) is 7.77. The number of aryl methyl sites for hydroxylation is 1. The molecule has 0 saturated carbocycles. The van der Waals surface area contributed by atoms with Gasteiger partial charge < -0.3 is 11.1 Å². The number of carbonyl (C=O) groups excluding carboxylic acids is 2. The predicted octanol–water partition coefficient (Wildman–Crippen LogP) is 2.12. The number of likely N-dealkylation sites (tertiary alicyclic amines) is 1. The third-order valence-corrected chi connectivity index (χ3v) is 5.91. The molecule has 8 nitrogen and oxygen atoms in total. The zero-order valence-corrected chi connectivity index (χ0v) is 17.9. The van der Waals surface area contributed by atoms with Crippen molar-refractivity contribution in [2.24, 2.45) is 11.7 Å². The summed E-state index contributed by atoms with van der Waals surface area (Å²) in [6.07, 6.45) is 3.27. The minimum absolute atomic E-state index is 0.120. The van der Waals surface area contributed by atoms with E-state index in [1.165, 1.54) is 6.20 Å². The topological polar surface area (TPSA) is 110 Å². The summed E-state index contributed by atoms with van der Waals surface area (Å²) < 4.78 is 1.68. The lowest BCUT2D eigenvalue weighted by molar-refractivity contribution is -0.123. The van der Waals surface area contributed by atoms with Gasteiger partial charge in [-0.05, 0) is 43.1 Å². The zero-order valence-electron chi connectivity index (χ0n) is 17.9. The molecule has 0 bridgehead atoms. The summed E-state index contributed by atoms with van der Waals surface area (Å²) in [4.78, 5) is 38.4. The van der Waals surface area contributed by atoms with Crippen molar-refractivity contribution in [2.75, 3.05) is 18.4 Å². The number of piperidine rings is 1. The number of hydrogen-bond acceptors (Lipinski definition) is 5. The molecule has 1 fully saturated rings. The van der Waals surface area contributed by atoms with E-state index in [4.69, 9.17) is 5.73 Å². The Morgan fingerprint density at radius 1 is 1.12 bits per heavy atom. The van der Waals surface area contributed by atoms with Crippen molar-refractivity contribution in [1.82, 2.24) is 14.7 Å². The van der Waals surface area contributed by atoms with Crippen LogP contribution in [-0.4, -0.2) is 39.6 Å². The number of nitrogens with two attached hydrogens (primary N) is 1. The molecule has 32 heavy (non-hydrogen) atoms. The Hall–Kier alpha value is -3.52. The van der Waals surface area contributed by atoms with Gasteiger partial charge in [-0.2, -0.15) is 5.10 Å². The molecule has 1 atom stereocenters. The summed E-state index contributed by atoms with van der Waals surface area (Å²) >= 11 is 0. The molecular formula is C24H27N5O3. The molecule has 0 aliphatic carbocycles. The molecule has 166 valence electrons. The van der Waals surface area contributed by atoms with Crippen LogP contribution in [0.25, 0.3) is 10.9 Å². The van der Waals surface area contributed by atoms with E-state index in [-0.39, 0.29) is 29.6 Å². The Labute approximate surface area is 186 Å². The summed E-state index contributed by atoms with van der Waals surface area (Å²) in [5.41, 5.74) is 7.83. The van der Waals surface area contributed by atoms with Gasteiger partial charge in [0.25, 0.3) is 0 Å². The van der Waals surface area contributed by atoms with Crippen molar-refractivity contribution in [3.63, 3.8) is 0 Å². The van der Waals surface area contributed by atoms with Gasteiger partial charge in [0, 0.05) is 30.6 Å². The second-order valence-corrected chi connectivity index (χ2v) is 8.18. The molecule has 0 radical (unpaired) electrons. The number of fused-ring (bicyclic) bond motifs is 1. The van der Waals surface area contributed by atoms with Crippen LogP contribution in [0, 0.1) is 5.92 Å². The van der Waals surface area contributed by atoms with Gasteiger partial charge in [-0.3, -0.25) is 24.0 Å². The zero-order chi connectivity index (χ0) is 22.5. The monoisotopic (exact) mass is 433 g/mol. The van der Waals surface area contributed by atoms with Crippen LogP contribution >= 0.6 is 0 Å². The number of benzene rings is 2. The quantitative estimate of drug-likeness (QED) is 0.593. The lowest BCUT2D eigenvalue weighted by Crippen LogP contribution is -2.40. The van der Waals surface area contributed by atoms with Gasteiger partial charge in [0.05, 0.1) is 24.2 Å². The summed E-state index contributed by atoms with van der Waals surface area (Å²) in [6, 6.07) is 14.9. The highest BCUT2D eigenvalue weighted by Gasteiger charge is 2.24. The minimum Gasteiger partial charge on any atom is -0.369 e. The molecular weight excluding hydrogens is 406 g/mol. The lowest BCUT2D eigenvalue weighted by Gasteiger charge is -2.31. The van der Waals surface area contributed by atoms with Gasteiger partial charge in [-0.15, -0.1) is 0 Å². The number of rotatable bonds is 7. The highest BCUT2D eigenvalue weighted by molar-refractivity contribution is 5.91. The third kappa shape index (κ3) is 5.03. The average molecular weight is 434 g/mol. The molecule has 2 amide bonds. The molecule has 2 heterocycles. The highest BCUT2D eigenvalue weighted by Crippen LogP contribution is 2.22. The summed E-state index contributed by atoms with van der Waals surface area (Å²) in [6.45, 7) is 2.55. The number of carbonyl (C=O) groups is 2. The van der Waals surface area contributed by atoms with Crippen LogP contribution in [-0.2, 0) is 22.7 Å². The molecule has 2 aromatic carbocycles. The number of anilines is 1. The fourth-order valence-corrected chi connectivity index (χ4v) is 4.21. The first kappa shape index (κ1) is 21.7. The van der Waals surface area contributed by atoms with E-state index in [9.17, 15) is 14.4 Å². The molecule has 3 N–H and O–H groups in total. The van der Waals surface area contributed by atoms with Crippen LogP contribution in [0.2, 0.25) is 0 Å². The molecule has 8 heteroatoms. The maximum Gasteiger partial charge on any atom is 0.226 e. The van der Waals surface area contributed by atoms with Crippen molar-refractivity contribution in [2.45, 2.75) is 32.4 Å². The van der Waals surface area contributed by atoms with E-state index in [1.807, 2.05) is 42.5 Å². The van der Waals surface area contributed by atoms with E-state index < -0.39 is 0 Å². The van der Waals surface area contributed by atoms with Gasteiger partial charge in [0.1, 0.15) is 0 Å². The number of amides is 2. The first-order chi connectivity index (χ1) is 15.5. The minimum atomic E-state index is -0.250. The second kappa shape index (κ2) is 9.74. The van der Waals surface area contributed by atoms with Crippen LogP contribution in [0.5, 0.6) is 0 Å². The standard InChI is InChI=1S/C24H27N5O3/c25-24(32)18-7-5-12-28(16-18)15-17-6-1-3-9-20(17)27-23(31)11-13-29-21-10-4-2-8-19(21)22(30)14-26-29/h1-4,6,8-10,14,18H,5,7,11-13,15-16H2,(H2,25,32)(H,27,31). The Morgan fingerprint density at radius 3 is 2.75 bits per heavy atom. The van der Waals surface area contributed by atoms with Gasteiger partial charge in [0.15, 0.2) is 0 Å². The molecule has 1 aromatic heterocycles. The van der Waals surface area contributed by atoms with Gasteiger partial charge in [-0.1, -0.05) is 30.3 Å². The van der Waals surface area contributed by atoms with E-state index in [0.29, 0.717) is 30.5 Å². The second-order valence-electron chi connectivity index (χ2n) is 8.18. The first-order valence-corrected chi connectivity index (χ1v) is 10.9. The lowest BCUT2D eigenvalue weighted by atomic mass is 9.97. The van der Waals surface area contributed by atoms with Crippen LogP contribution in [0.1, 0.15) is 24.8 Å². The average Bonchev–Trinajstić information content (AvgIpc) is 2.80. The molecule has 3 aromatic rings. The van der Waals surface area contributed by atoms with Crippen molar-refractivity contribution in [1.29, 1.82) is 0 Å². The smallest absolute Gasteiger partial charge is 0.226 e. The van der Waals surface area contributed by atoms with Crippen LogP contribution < -0.4 is 16.5 Å². The molecule has 4 rings (SSSR count). The Bertz CT molecular complexity index is 1190. The number of para-hydroxylation sites is 2. The van der Waals surface area contributed by atoms with Gasteiger partial charge in [0.2, 0.25) is 17.2 Å². The molecule has 0 spiro atoms. The Morgan fingerprint density at radius 2 is 1.91 bits per heavy atom. The van der Waals surface area contributed by atoms with Crippen molar-refractivity contribution in [3.05, 3.63) is 70.5 Å². The van der Waals surface area contributed by atoms with Gasteiger partial charge >= 0.3 is 0 Å². The Kier molecular flexibility index (Phi) is 6.61. The van der Waals surface area contributed by atoms with Crippen LogP contribution in [0.3, 0.4) is 0 Å². The largest absolute Gasteiger partial charge is 0.369 e. The maximum absolute atomic E-state index is 12.7. The number of hydrogen-bond donors (Lipinski definition) is 2. The SMILES string of the molecule is NC(=O)C1CCCN(Cc2ccccc2NC(=O)CCn2ncc(=O)c3ccccc32)C1. The fraction of sp³-hybridized carbons (Fsp3) is 0.333. The highest BCUT2D eigenvalue weighted by atomic mass is 16.2. The Balaban J connectivity index is 1.41. The number of nitrogens with one attached hydrogen (secondary N) is 1. The van der Waals surface area contributed by atoms with E-state index in [0.717, 1.165) is 30.6 Å². The number of aromatic nitrogens is 2. The normalized spacial score (nSPS) is 16.7. The maximum atomic E-state index is 12.7. The van der Waals surface area contributed by atoms with E-state index >= 15 is 0 Å². The predicted molar refractivity (Wildman–Crippen MR) is 123 cm³/mol. The van der Waals surface area contributed by atoms with Gasteiger partial charge in [-0.25, -0.2) is 0 Å². The molecule has 1 aliphatic rings. The van der Waals surface area contributed by atoms with Crippen molar-refractivity contribution >= 4 is 28.4 Å². The molecule has 1 aliphatic heterocycles. The fourth-order valence-electron chi connectivity index (χ4n) is 4.21. The van der Waals surface area contributed by atoms with Crippen LogP contribution in [0.15, 0.2) is 59.5 Å². The number of primary amides is 1. The molecule has 1 unspecified atom stereocenters. The number of nitrogens with zero attached hydrogens (tertiary/aromatic N) is 3.